The van der Waals surface area contributed by atoms with Gasteiger partial charge in [0.2, 0.25) is 0 Å². The summed E-state index contributed by atoms with van der Waals surface area (Å²) in [6.45, 7) is 4.01. The standard InChI is InChI=1S/C22H17N9/c1-12-3-5-23-9-16(12)14-7-15-18(29-30-20(15)25-8-14)22-27-19-17(4-6-24-21(19)28-22)31-10-13(2)26-11-31/h3-11H,1-2H3,(H,24,27,28)(H,25,29,30). The smallest absolute Gasteiger partial charge is 0.181 e. The van der Waals surface area contributed by atoms with Crippen molar-refractivity contribution >= 4 is 22.2 Å². The predicted octanol–water partition coefficient (Wildman–Crippen LogP) is 3.76. The molecule has 6 aromatic rings. The molecule has 0 aromatic carbocycles. The highest BCUT2D eigenvalue weighted by Gasteiger charge is 2.17. The first-order valence-corrected chi connectivity index (χ1v) is 9.78. The van der Waals surface area contributed by atoms with Gasteiger partial charge in [-0.1, -0.05) is 0 Å². The number of aromatic nitrogens is 9. The van der Waals surface area contributed by atoms with Crippen LogP contribution in [0.5, 0.6) is 0 Å². The van der Waals surface area contributed by atoms with Crippen LogP contribution in [0, 0.1) is 13.8 Å². The zero-order valence-electron chi connectivity index (χ0n) is 16.8. The molecule has 0 radical (unpaired) electrons. The number of rotatable bonds is 3. The summed E-state index contributed by atoms with van der Waals surface area (Å²) in [5, 5.41) is 8.31. The molecule has 6 heterocycles. The molecule has 0 atom stereocenters. The number of fused-ring (bicyclic) bond motifs is 2. The fourth-order valence-electron chi connectivity index (χ4n) is 3.78. The van der Waals surface area contributed by atoms with Gasteiger partial charge in [0, 0.05) is 42.1 Å². The molecule has 0 amide bonds. The molecular weight excluding hydrogens is 390 g/mol. The number of imidazole rings is 2. The van der Waals surface area contributed by atoms with Crippen LogP contribution in [0.25, 0.3) is 50.5 Å². The Balaban J connectivity index is 1.52. The van der Waals surface area contributed by atoms with Gasteiger partial charge < -0.3 is 9.55 Å². The van der Waals surface area contributed by atoms with E-state index in [0.29, 0.717) is 17.1 Å². The Kier molecular flexibility index (Phi) is 3.69. The Labute approximate surface area is 176 Å². The van der Waals surface area contributed by atoms with Crippen LogP contribution < -0.4 is 0 Å². The molecule has 0 unspecified atom stereocenters. The molecule has 0 saturated carbocycles. The van der Waals surface area contributed by atoms with Crippen molar-refractivity contribution in [2.45, 2.75) is 13.8 Å². The summed E-state index contributed by atoms with van der Waals surface area (Å²) in [6.07, 6.45) is 10.9. The van der Waals surface area contributed by atoms with Gasteiger partial charge in [-0.15, -0.1) is 0 Å². The van der Waals surface area contributed by atoms with Crippen molar-refractivity contribution in [2.24, 2.45) is 0 Å². The number of aromatic amines is 2. The van der Waals surface area contributed by atoms with Crippen molar-refractivity contribution in [3.8, 4) is 28.3 Å². The van der Waals surface area contributed by atoms with Gasteiger partial charge in [0.25, 0.3) is 0 Å². The van der Waals surface area contributed by atoms with Crippen molar-refractivity contribution in [1.29, 1.82) is 0 Å². The molecule has 31 heavy (non-hydrogen) atoms. The van der Waals surface area contributed by atoms with Gasteiger partial charge in [-0.05, 0) is 37.6 Å². The summed E-state index contributed by atoms with van der Waals surface area (Å²) < 4.78 is 1.96. The highest BCUT2D eigenvalue weighted by Crippen LogP contribution is 2.30. The van der Waals surface area contributed by atoms with Crippen LogP contribution in [-0.2, 0) is 0 Å². The lowest BCUT2D eigenvalue weighted by Crippen LogP contribution is -1.92. The molecular formula is C22H17N9. The second-order valence-corrected chi connectivity index (χ2v) is 7.42. The van der Waals surface area contributed by atoms with Crippen LogP contribution in [0.3, 0.4) is 0 Å². The largest absolute Gasteiger partial charge is 0.334 e. The van der Waals surface area contributed by atoms with Gasteiger partial charge in [0.15, 0.2) is 17.1 Å². The number of aryl methyl sites for hydroxylation is 2. The quantitative estimate of drug-likeness (QED) is 0.462. The minimum atomic E-state index is 0.619. The zero-order chi connectivity index (χ0) is 20.9. The fourth-order valence-corrected chi connectivity index (χ4v) is 3.78. The monoisotopic (exact) mass is 407 g/mol. The van der Waals surface area contributed by atoms with Gasteiger partial charge in [-0.25, -0.2) is 19.9 Å². The summed E-state index contributed by atoms with van der Waals surface area (Å²) in [7, 11) is 0. The Morgan fingerprint density at radius 3 is 2.74 bits per heavy atom. The highest BCUT2D eigenvalue weighted by molar-refractivity contribution is 5.94. The average molecular weight is 407 g/mol. The molecule has 9 heteroatoms. The van der Waals surface area contributed by atoms with E-state index < -0.39 is 0 Å². The summed E-state index contributed by atoms with van der Waals surface area (Å²) in [5.74, 6) is 0.649. The first kappa shape index (κ1) is 17.5. The van der Waals surface area contributed by atoms with Crippen molar-refractivity contribution in [1.82, 2.24) is 44.7 Å². The van der Waals surface area contributed by atoms with Crippen molar-refractivity contribution in [2.75, 3.05) is 0 Å². The Hall–Kier alpha value is -4.40. The lowest BCUT2D eigenvalue weighted by atomic mass is 10.0. The Bertz CT molecular complexity index is 1570. The van der Waals surface area contributed by atoms with Crippen LogP contribution in [0.1, 0.15) is 11.3 Å². The molecule has 6 aromatic heterocycles. The van der Waals surface area contributed by atoms with E-state index in [1.54, 1.807) is 18.7 Å². The maximum atomic E-state index is 4.71. The van der Waals surface area contributed by atoms with Crippen molar-refractivity contribution in [3.05, 3.63) is 66.8 Å². The SMILES string of the molecule is Cc1cn(-c2ccnc3nc(-c4[nH]nc5ncc(-c6cnccc6C)cc45)[nH]c23)cn1. The number of hydrogen-bond acceptors (Lipinski definition) is 6. The summed E-state index contributed by atoms with van der Waals surface area (Å²) in [5.41, 5.74) is 7.84. The predicted molar refractivity (Wildman–Crippen MR) is 117 cm³/mol. The first-order valence-electron chi connectivity index (χ1n) is 9.78. The van der Waals surface area contributed by atoms with E-state index in [9.17, 15) is 0 Å². The van der Waals surface area contributed by atoms with Crippen LogP contribution in [0.4, 0.5) is 0 Å². The Morgan fingerprint density at radius 2 is 1.90 bits per heavy atom. The fraction of sp³-hybridized carbons (Fsp3) is 0.0909. The topological polar surface area (TPSA) is 114 Å². The lowest BCUT2D eigenvalue weighted by Gasteiger charge is -2.04. The molecule has 9 nitrogen and oxygen atoms in total. The molecule has 0 aliphatic heterocycles. The molecule has 0 spiro atoms. The third-order valence-corrected chi connectivity index (χ3v) is 5.36. The van der Waals surface area contributed by atoms with E-state index in [0.717, 1.165) is 44.7 Å². The lowest BCUT2D eigenvalue weighted by molar-refractivity contribution is 1.06. The molecule has 0 bridgehead atoms. The van der Waals surface area contributed by atoms with E-state index in [1.807, 2.05) is 42.2 Å². The van der Waals surface area contributed by atoms with Crippen LogP contribution >= 0.6 is 0 Å². The van der Waals surface area contributed by atoms with Gasteiger partial charge >= 0.3 is 0 Å². The molecule has 6 rings (SSSR count). The minimum Gasteiger partial charge on any atom is -0.334 e. The molecule has 0 aliphatic rings. The normalized spacial score (nSPS) is 11.5. The van der Waals surface area contributed by atoms with Crippen LogP contribution in [0.2, 0.25) is 0 Å². The summed E-state index contributed by atoms with van der Waals surface area (Å²) in [6, 6.07) is 5.98. The van der Waals surface area contributed by atoms with Gasteiger partial charge in [-0.3, -0.25) is 10.1 Å². The molecule has 150 valence electrons. The van der Waals surface area contributed by atoms with Crippen molar-refractivity contribution in [3.63, 3.8) is 0 Å². The average Bonchev–Trinajstić information content (AvgIpc) is 3.50. The summed E-state index contributed by atoms with van der Waals surface area (Å²) >= 11 is 0. The Morgan fingerprint density at radius 1 is 0.968 bits per heavy atom. The van der Waals surface area contributed by atoms with Crippen LogP contribution in [0.15, 0.2) is 55.5 Å². The number of hydrogen-bond donors (Lipinski definition) is 2. The second kappa shape index (κ2) is 6.56. The minimum absolute atomic E-state index is 0.619. The first-order chi connectivity index (χ1) is 15.2. The van der Waals surface area contributed by atoms with Gasteiger partial charge in [0.1, 0.15) is 11.2 Å². The van der Waals surface area contributed by atoms with E-state index in [2.05, 4.69) is 48.1 Å². The van der Waals surface area contributed by atoms with Gasteiger partial charge in [0.05, 0.1) is 23.1 Å². The van der Waals surface area contributed by atoms with Gasteiger partial charge in [-0.2, -0.15) is 5.10 Å². The van der Waals surface area contributed by atoms with E-state index in [-0.39, 0.29) is 0 Å². The number of pyridine rings is 3. The van der Waals surface area contributed by atoms with E-state index in [1.165, 1.54) is 0 Å². The molecule has 0 saturated heterocycles. The third-order valence-electron chi connectivity index (χ3n) is 5.36. The second-order valence-electron chi connectivity index (χ2n) is 7.42. The van der Waals surface area contributed by atoms with E-state index >= 15 is 0 Å². The third kappa shape index (κ3) is 2.78. The highest BCUT2D eigenvalue weighted by atomic mass is 15.2. The molecule has 2 N–H and O–H groups in total. The number of H-pyrrole nitrogens is 2. The molecule has 0 fully saturated rings. The van der Waals surface area contributed by atoms with Crippen LogP contribution in [-0.4, -0.2) is 44.7 Å². The van der Waals surface area contributed by atoms with E-state index in [4.69, 9.17) is 4.98 Å². The van der Waals surface area contributed by atoms with Crippen molar-refractivity contribution < 1.29 is 0 Å². The molecule has 0 aliphatic carbocycles. The maximum absolute atomic E-state index is 4.71. The zero-order valence-corrected chi connectivity index (χ0v) is 16.8. The maximum Gasteiger partial charge on any atom is 0.181 e. The number of nitrogens with one attached hydrogen (secondary N) is 2. The summed E-state index contributed by atoms with van der Waals surface area (Å²) in [4.78, 5) is 25.6. The number of nitrogens with zero attached hydrogens (tertiary/aromatic N) is 7.